The predicted molar refractivity (Wildman–Crippen MR) is 143 cm³/mol. The number of amides is 1. The molecule has 0 bridgehead atoms. The van der Waals surface area contributed by atoms with Crippen molar-refractivity contribution in [3.05, 3.63) is 100 Å². The molecular formula is C30H24F3N3O6. The van der Waals surface area contributed by atoms with E-state index in [0.29, 0.717) is 12.3 Å². The highest BCUT2D eigenvalue weighted by atomic mass is 19.4. The van der Waals surface area contributed by atoms with E-state index in [0.717, 1.165) is 22.4 Å². The maximum absolute atomic E-state index is 14.1. The smallest absolute Gasteiger partial charge is 0.435 e. The van der Waals surface area contributed by atoms with Gasteiger partial charge in [-0.05, 0) is 54.1 Å². The van der Waals surface area contributed by atoms with Gasteiger partial charge in [0.1, 0.15) is 11.5 Å². The minimum Gasteiger partial charge on any atom is -0.493 e. The zero-order valence-electron chi connectivity index (χ0n) is 22.2. The molecule has 0 aliphatic carbocycles. The Bertz CT molecular complexity index is 1680. The highest BCUT2D eigenvalue weighted by molar-refractivity contribution is 6.06. The third-order valence-corrected chi connectivity index (χ3v) is 7.20. The Kier molecular flexibility index (Phi) is 6.85. The van der Waals surface area contributed by atoms with Gasteiger partial charge in [0, 0.05) is 36.3 Å². The van der Waals surface area contributed by atoms with Gasteiger partial charge in [-0.15, -0.1) is 0 Å². The second-order valence-electron chi connectivity index (χ2n) is 9.88. The Morgan fingerprint density at radius 1 is 1.07 bits per heavy atom. The van der Waals surface area contributed by atoms with Gasteiger partial charge >= 0.3 is 12.1 Å². The van der Waals surface area contributed by atoms with Gasteiger partial charge in [-0.25, -0.2) is 9.48 Å². The lowest BCUT2D eigenvalue weighted by Gasteiger charge is -2.26. The average Bonchev–Trinajstić information content (AvgIpc) is 3.62. The lowest BCUT2D eigenvalue weighted by atomic mass is 10.1. The third-order valence-electron chi connectivity index (χ3n) is 7.20. The first-order chi connectivity index (χ1) is 20.1. The van der Waals surface area contributed by atoms with E-state index >= 15 is 0 Å². The van der Waals surface area contributed by atoms with Gasteiger partial charge in [0.2, 0.25) is 0 Å². The number of benzene rings is 3. The molecule has 0 radical (unpaired) electrons. The number of rotatable bonds is 6. The van der Waals surface area contributed by atoms with Gasteiger partial charge in [0.05, 0.1) is 36.8 Å². The molecule has 4 aromatic rings. The first kappa shape index (κ1) is 27.3. The monoisotopic (exact) mass is 579 g/mol. The highest BCUT2D eigenvalue weighted by Gasteiger charge is 2.43. The number of ether oxygens (including phenoxy) is 3. The van der Waals surface area contributed by atoms with Crippen molar-refractivity contribution in [2.45, 2.75) is 25.3 Å². The molecule has 0 saturated carbocycles. The fraction of sp³-hybridized carbons (Fsp3) is 0.233. The molecule has 2 aliphatic heterocycles. The normalized spacial score (nSPS) is 15.9. The summed E-state index contributed by atoms with van der Waals surface area (Å²) in [5, 5.41) is 13.1. The van der Waals surface area contributed by atoms with Crippen LogP contribution in [0, 0.1) is 0 Å². The molecule has 1 N–H and O–H groups in total. The van der Waals surface area contributed by atoms with Crippen molar-refractivity contribution in [3.63, 3.8) is 0 Å². The number of aromatic nitrogens is 2. The highest BCUT2D eigenvalue weighted by Crippen LogP contribution is 2.40. The number of carboxylic acids is 1. The summed E-state index contributed by atoms with van der Waals surface area (Å²) in [5.41, 5.74) is 1.02. The summed E-state index contributed by atoms with van der Waals surface area (Å²) in [4.78, 5) is 26.1. The van der Waals surface area contributed by atoms with Crippen LogP contribution >= 0.6 is 0 Å². The minimum atomic E-state index is -4.77. The summed E-state index contributed by atoms with van der Waals surface area (Å²) >= 11 is 0. The van der Waals surface area contributed by atoms with Crippen molar-refractivity contribution in [2.24, 2.45) is 0 Å². The van der Waals surface area contributed by atoms with Crippen LogP contribution in [-0.2, 0) is 23.9 Å². The molecule has 12 heteroatoms. The van der Waals surface area contributed by atoms with Crippen molar-refractivity contribution in [1.82, 2.24) is 9.78 Å². The summed E-state index contributed by atoms with van der Waals surface area (Å²) in [6.45, 7) is 0.179. The van der Waals surface area contributed by atoms with Crippen LogP contribution in [0.1, 0.15) is 49.3 Å². The van der Waals surface area contributed by atoms with Crippen molar-refractivity contribution >= 4 is 17.6 Å². The van der Waals surface area contributed by atoms with E-state index in [1.807, 2.05) is 12.1 Å². The largest absolute Gasteiger partial charge is 0.493 e. The average molecular weight is 580 g/mol. The Labute approximate surface area is 237 Å². The molecule has 0 unspecified atom stereocenters. The van der Waals surface area contributed by atoms with Gasteiger partial charge in [-0.2, -0.15) is 18.3 Å². The first-order valence-corrected chi connectivity index (χ1v) is 13.0. The molecule has 3 heterocycles. The number of anilines is 1. The van der Waals surface area contributed by atoms with Gasteiger partial charge in [-0.1, -0.05) is 12.1 Å². The second kappa shape index (κ2) is 10.5. The summed E-state index contributed by atoms with van der Waals surface area (Å²) < 4.78 is 60.4. The van der Waals surface area contributed by atoms with Gasteiger partial charge in [0.25, 0.3) is 5.91 Å². The molecule has 0 fully saturated rings. The zero-order chi connectivity index (χ0) is 29.6. The molecule has 6 rings (SSSR count). The second-order valence-corrected chi connectivity index (χ2v) is 9.88. The predicted octanol–water partition coefficient (Wildman–Crippen LogP) is 5.45. The third kappa shape index (κ3) is 5.05. The van der Waals surface area contributed by atoms with E-state index in [9.17, 15) is 22.8 Å². The molecule has 0 spiro atoms. The quantitative estimate of drug-likeness (QED) is 0.324. The maximum Gasteiger partial charge on any atom is 0.435 e. The van der Waals surface area contributed by atoms with Crippen LogP contribution in [-0.4, -0.2) is 47.0 Å². The molecule has 3 aromatic carbocycles. The van der Waals surface area contributed by atoms with Crippen LogP contribution in [0.15, 0.2) is 66.7 Å². The lowest BCUT2D eigenvalue weighted by Crippen LogP contribution is -2.26. The number of alkyl halides is 3. The molecule has 216 valence electrons. The Morgan fingerprint density at radius 3 is 2.60 bits per heavy atom. The Balaban J connectivity index is 1.36. The zero-order valence-corrected chi connectivity index (χ0v) is 22.2. The number of fused-ring (bicyclic) bond motifs is 2. The van der Waals surface area contributed by atoms with Crippen LogP contribution in [0.4, 0.5) is 18.9 Å². The summed E-state index contributed by atoms with van der Waals surface area (Å²) in [6.07, 6.45) is -4.97. The lowest BCUT2D eigenvalue weighted by molar-refractivity contribution is -0.143. The molecule has 9 nitrogen and oxygen atoms in total. The van der Waals surface area contributed by atoms with Crippen LogP contribution in [0.25, 0.3) is 5.69 Å². The van der Waals surface area contributed by atoms with Crippen LogP contribution < -0.4 is 14.4 Å². The number of aromatic carboxylic acids is 1. The molecule has 0 saturated heterocycles. The fourth-order valence-electron chi connectivity index (χ4n) is 5.08. The SMILES string of the molecule is CN(C(=O)c1cccc(-n2nc(C(F)(F)F)c3c2[C@@H](Oc2ccc(C(=O)O)cc2)COC3)c1)c1ccc2c(c1)OCC2. The summed E-state index contributed by atoms with van der Waals surface area (Å²) in [6, 6.07) is 17.2. The van der Waals surface area contributed by atoms with Gasteiger partial charge in [0.15, 0.2) is 11.8 Å². The Morgan fingerprint density at radius 2 is 1.86 bits per heavy atom. The topological polar surface area (TPSA) is 103 Å². The van der Waals surface area contributed by atoms with Gasteiger partial charge in [-0.3, -0.25) is 4.79 Å². The van der Waals surface area contributed by atoms with E-state index in [2.05, 4.69) is 5.10 Å². The number of carbonyl (C=O) groups is 2. The number of carbonyl (C=O) groups excluding carboxylic acids is 1. The van der Waals surface area contributed by atoms with E-state index in [-0.39, 0.29) is 52.9 Å². The summed E-state index contributed by atoms with van der Waals surface area (Å²) in [5.74, 6) is -0.537. The number of hydrogen-bond donors (Lipinski definition) is 1. The van der Waals surface area contributed by atoms with E-state index in [1.54, 1.807) is 31.3 Å². The molecular weight excluding hydrogens is 555 g/mol. The molecule has 1 amide bonds. The van der Waals surface area contributed by atoms with Crippen LogP contribution in [0.2, 0.25) is 0 Å². The maximum atomic E-state index is 14.1. The molecule has 2 aliphatic rings. The summed E-state index contributed by atoms with van der Waals surface area (Å²) in [7, 11) is 1.61. The fourth-order valence-corrected chi connectivity index (χ4v) is 5.08. The van der Waals surface area contributed by atoms with Crippen molar-refractivity contribution in [1.29, 1.82) is 0 Å². The van der Waals surface area contributed by atoms with Crippen molar-refractivity contribution in [3.8, 4) is 17.2 Å². The van der Waals surface area contributed by atoms with Gasteiger partial charge < -0.3 is 24.2 Å². The van der Waals surface area contributed by atoms with E-state index in [1.165, 1.54) is 35.2 Å². The van der Waals surface area contributed by atoms with Crippen molar-refractivity contribution in [2.75, 3.05) is 25.2 Å². The van der Waals surface area contributed by atoms with E-state index < -0.39 is 23.9 Å². The number of nitrogens with zero attached hydrogens (tertiary/aromatic N) is 3. The minimum absolute atomic E-state index is 0.0335. The molecule has 42 heavy (non-hydrogen) atoms. The Hall–Kier alpha value is -4.84. The molecule has 1 atom stereocenters. The standard InChI is InChI=1S/C30H24F3N3O6/c1-35(20-8-5-17-11-12-41-24(17)14-20)28(37)19-3-2-4-21(13-19)36-26-23(27(34-36)30(31,32)33)15-40-16-25(26)42-22-9-6-18(7-10-22)29(38)39/h2-10,13-14,25H,11-12,15-16H2,1H3,(H,38,39)/t25-/m0/s1. The number of carboxylic acid groups (broad SMARTS) is 1. The number of hydrogen-bond acceptors (Lipinski definition) is 6. The number of halogens is 3. The van der Waals surface area contributed by atoms with Crippen LogP contribution in [0.5, 0.6) is 11.5 Å². The first-order valence-electron chi connectivity index (χ1n) is 13.0. The molecule has 1 aromatic heterocycles. The van der Waals surface area contributed by atoms with Crippen molar-refractivity contribution < 1.29 is 42.1 Å². The van der Waals surface area contributed by atoms with E-state index in [4.69, 9.17) is 19.3 Å². The van der Waals surface area contributed by atoms with Crippen LogP contribution in [0.3, 0.4) is 0 Å².